The topological polar surface area (TPSA) is 40.0 Å². The number of nitrogens with zero attached hydrogens (tertiary/aromatic N) is 5. The highest BCUT2D eigenvalue weighted by Crippen LogP contribution is 2.43. The molecule has 4 aromatic heterocycles. The van der Waals surface area contributed by atoms with E-state index in [-0.39, 0.29) is 0 Å². The highest BCUT2D eigenvalue weighted by atomic mass is 15.2. The van der Waals surface area contributed by atoms with E-state index < -0.39 is 0 Å². The van der Waals surface area contributed by atoms with E-state index in [9.17, 15) is 0 Å². The highest BCUT2D eigenvalue weighted by Gasteiger charge is 2.23. The summed E-state index contributed by atoms with van der Waals surface area (Å²) >= 11 is 0. The molecule has 0 spiro atoms. The number of hydrogen-bond acceptors (Lipinski definition) is 2. The first-order valence-electron chi connectivity index (χ1n) is 18.8. The summed E-state index contributed by atoms with van der Waals surface area (Å²) in [6.45, 7) is 0. The van der Waals surface area contributed by atoms with E-state index in [0.717, 1.165) is 50.3 Å². The fourth-order valence-corrected chi connectivity index (χ4v) is 9.44. The Morgan fingerprint density at radius 2 is 0.836 bits per heavy atom. The van der Waals surface area contributed by atoms with E-state index >= 15 is 0 Å². The molecule has 0 aliphatic rings. The van der Waals surface area contributed by atoms with Crippen LogP contribution in [0.25, 0.3) is 115 Å². The molecule has 0 saturated heterocycles. The molecule has 0 fully saturated rings. The summed E-state index contributed by atoms with van der Waals surface area (Å²) in [4.78, 5) is 10.6. The molecule has 5 nitrogen and oxygen atoms in total. The predicted octanol–water partition coefficient (Wildman–Crippen LogP) is 12.7. The van der Waals surface area contributed by atoms with Crippen molar-refractivity contribution in [3.8, 4) is 11.6 Å². The van der Waals surface area contributed by atoms with Crippen LogP contribution in [0.3, 0.4) is 0 Å². The van der Waals surface area contributed by atoms with E-state index in [1.807, 2.05) is 0 Å². The fourth-order valence-electron chi connectivity index (χ4n) is 9.44. The van der Waals surface area contributed by atoms with E-state index in [1.54, 1.807) is 0 Å². The van der Waals surface area contributed by atoms with Crippen LogP contribution in [-0.2, 0) is 0 Å². The molecule has 0 atom stereocenters. The lowest BCUT2D eigenvalue weighted by Gasteiger charge is -2.13. The monoisotopic (exact) mass is 699 g/mol. The molecule has 13 rings (SSSR count). The van der Waals surface area contributed by atoms with Crippen LogP contribution in [0.15, 0.2) is 176 Å². The van der Waals surface area contributed by atoms with E-state index in [1.165, 1.54) is 64.9 Å². The van der Waals surface area contributed by atoms with Crippen LogP contribution in [0, 0.1) is 0 Å². The lowest BCUT2D eigenvalue weighted by Crippen LogP contribution is -2.06. The number of aromatic nitrogens is 5. The van der Waals surface area contributed by atoms with Gasteiger partial charge in [0.25, 0.3) is 0 Å². The number of fused-ring (bicyclic) bond motifs is 17. The van der Waals surface area contributed by atoms with Crippen molar-refractivity contribution >= 4 is 104 Å². The minimum Gasteiger partial charge on any atom is -0.309 e. The highest BCUT2D eigenvalue weighted by molar-refractivity contribution is 6.29. The first-order valence-corrected chi connectivity index (χ1v) is 18.8. The lowest BCUT2D eigenvalue weighted by molar-refractivity contribution is 0.979. The van der Waals surface area contributed by atoms with Crippen LogP contribution in [-0.4, -0.2) is 23.5 Å². The summed E-state index contributed by atoms with van der Waals surface area (Å²) in [5.74, 6) is 0.820. The Morgan fingerprint density at radius 3 is 1.49 bits per heavy atom. The molecule has 5 heteroatoms. The summed E-state index contributed by atoms with van der Waals surface area (Å²) in [5, 5.41) is 13.4. The maximum Gasteiger partial charge on any atom is 0.221 e. The number of rotatable bonds is 2. The van der Waals surface area contributed by atoms with E-state index in [2.05, 4.69) is 189 Å². The second-order valence-corrected chi connectivity index (χ2v) is 14.6. The van der Waals surface area contributed by atoms with Crippen LogP contribution in [0.4, 0.5) is 0 Å². The number of imidazole rings is 1. The Kier molecular flexibility index (Phi) is 5.57. The first kappa shape index (κ1) is 29.0. The van der Waals surface area contributed by atoms with Crippen molar-refractivity contribution in [1.29, 1.82) is 0 Å². The maximum absolute atomic E-state index is 5.44. The zero-order valence-electron chi connectivity index (χ0n) is 29.5. The number of benzene rings is 9. The predicted molar refractivity (Wildman–Crippen MR) is 229 cm³/mol. The van der Waals surface area contributed by atoms with Crippen LogP contribution >= 0.6 is 0 Å². The van der Waals surface area contributed by atoms with Crippen molar-refractivity contribution in [3.05, 3.63) is 176 Å². The third-order valence-electron chi connectivity index (χ3n) is 11.8. The zero-order valence-corrected chi connectivity index (χ0v) is 29.5. The van der Waals surface area contributed by atoms with Crippen LogP contribution < -0.4 is 0 Å². The summed E-state index contributed by atoms with van der Waals surface area (Å²) in [5.41, 5.74) is 9.50. The molecule has 13 aromatic rings. The Morgan fingerprint density at radius 1 is 0.327 bits per heavy atom. The standard InChI is InChI=1S/C50H29N5/c1-4-14-34-30(11-1)21-25-43-46(34)38-29-33(53-44-26-22-31-12-2-5-15-35(31)47(44)48-36-16-6-3-13-32(36)23-27-45(48)53)24-28-41(38)54(43)50-52-39-18-8-7-17-37(39)49-51-40-19-9-10-20-42(40)55(49)50/h1-29H. The number of para-hydroxylation sites is 3. The van der Waals surface area contributed by atoms with Crippen molar-refractivity contribution < 1.29 is 0 Å². The van der Waals surface area contributed by atoms with Crippen molar-refractivity contribution in [3.63, 3.8) is 0 Å². The molecule has 55 heavy (non-hydrogen) atoms. The van der Waals surface area contributed by atoms with Crippen molar-refractivity contribution in [2.24, 2.45) is 0 Å². The summed E-state index contributed by atoms with van der Waals surface area (Å²) in [6.07, 6.45) is 0. The third kappa shape index (κ3) is 3.81. The van der Waals surface area contributed by atoms with Gasteiger partial charge in [0.15, 0.2) is 0 Å². The molecule has 254 valence electrons. The van der Waals surface area contributed by atoms with Gasteiger partial charge in [0.05, 0.1) is 38.6 Å². The van der Waals surface area contributed by atoms with Gasteiger partial charge in [0.2, 0.25) is 5.95 Å². The molecule has 0 aliphatic carbocycles. The van der Waals surface area contributed by atoms with Crippen LogP contribution in [0.1, 0.15) is 0 Å². The summed E-state index contributed by atoms with van der Waals surface area (Å²) in [6, 6.07) is 63.6. The molecule has 9 aromatic carbocycles. The van der Waals surface area contributed by atoms with Gasteiger partial charge < -0.3 is 4.57 Å². The largest absolute Gasteiger partial charge is 0.309 e. The average molecular weight is 700 g/mol. The van der Waals surface area contributed by atoms with Gasteiger partial charge in [-0.3, -0.25) is 8.97 Å². The SMILES string of the molecule is c1ccc2c(c1)ccc1c2c2cc(-n3c4ccc5ccccc5c4c4c5ccccc5ccc43)ccc2n1-c1nc2ccccc2c2nc3ccccc3n12. The minimum atomic E-state index is 0.820. The molecule has 0 aliphatic heterocycles. The van der Waals surface area contributed by atoms with Gasteiger partial charge in [-0.2, -0.15) is 0 Å². The van der Waals surface area contributed by atoms with Crippen LogP contribution in [0.2, 0.25) is 0 Å². The summed E-state index contributed by atoms with van der Waals surface area (Å²) in [7, 11) is 0. The van der Waals surface area contributed by atoms with Gasteiger partial charge in [0, 0.05) is 32.6 Å². The Balaban J connectivity index is 1.20. The third-order valence-corrected chi connectivity index (χ3v) is 11.8. The van der Waals surface area contributed by atoms with Crippen molar-refractivity contribution in [2.75, 3.05) is 0 Å². The lowest BCUT2D eigenvalue weighted by atomic mass is 10.00. The van der Waals surface area contributed by atoms with Gasteiger partial charge in [0.1, 0.15) is 5.65 Å². The molecule has 0 unspecified atom stereocenters. The first-order chi connectivity index (χ1) is 27.3. The Bertz CT molecular complexity index is 3690. The van der Waals surface area contributed by atoms with Gasteiger partial charge in [-0.05, 0) is 93.0 Å². The molecule has 0 bridgehead atoms. The van der Waals surface area contributed by atoms with Crippen LogP contribution in [0.5, 0.6) is 0 Å². The zero-order chi connectivity index (χ0) is 35.8. The second kappa shape index (κ2) is 10.6. The molecule has 0 amide bonds. The molecule has 0 N–H and O–H groups in total. The quantitative estimate of drug-likeness (QED) is 0.180. The van der Waals surface area contributed by atoms with Gasteiger partial charge >= 0.3 is 0 Å². The van der Waals surface area contributed by atoms with Gasteiger partial charge in [-0.15, -0.1) is 0 Å². The molecule has 4 heterocycles. The minimum absolute atomic E-state index is 0.820. The fraction of sp³-hybridized carbons (Fsp3) is 0. The van der Waals surface area contributed by atoms with Crippen molar-refractivity contribution in [2.45, 2.75) is 0 Å². The molecule has 0 saturated carbocycles. The van der Waals surface area contributed by atoms with Gasteiger partial charge in [-0.25, -0.2) is 9.97 Å². The molecular weight excluding hydrogens is 671 g/mol. The smallest absolute Gasteiger partial charge is 0.221 e. The Hall–Kier alpha value is -7.50. The number of hydrogen-bond donors (Lipinski definition) is 0. The summed E-state index contributed by atoms with van der Waals surface area (Å²) < 4.78 is 7.05. The Labute approximate surface area is 313 Å². The van der Waals surface area contributed by atoms with E-state index in [0.29, 0.717) is 0 Å². The van der Waals surface area contributed by atoms with Gasteiger partial charge in [-0.1, -0.05) is 115 Å². The normalized spacial score (nSPS) is 12.4. The molecule has 0 radical (unpaired) electrons. The van der Waals surface area contributed by atoms with E-state index in [4.69, 9.17) is 9.97 Å². The van der Waals surface area contributed by atoms with Crippen molar-refractivity contribution in [1.82, 2.24) is 23.5 Å². The maximum atomic E-state index is 5.44. The molecular formula is C50H29N5. The average Bonchev–Trinajstić information content (AvgIpc) is 3.92. The second-order valence-electron chi connectivity index (χ2n) is 14.6.